The molecule has 1 saturated carbocycles. The molecule has 0 radical (unpaired) electrons. The molecule has 4 unspecified atom stereocenters. The van der Waals surface area contributed by atoms with Crippen molar-refractivity contribution in [3.63, 3.8) is 0 Å². The SMILES string of the molecule is CC/C=C\C/C=C\C/C=C\C/C=C\C/C=C\C/C=C\CCC(=O)OC(COC(=O)CCCCCCCCCCCCCCCCC)COP(=O)(O)OC1[C@H](O)[C@H](O)C(O)[C@H](O)[C@H]1O. The van der Waals surface area contributed by atoms with Gasteiger partial charge in [0, 0.05) is 12.8 Å². The molecule has 6 N–H and O–H groups in total. The number of phosphoric ester groups is 1. The van der Waals surface area contributed by atoms with Gasteiger partial charge >= 0.3 is 19.8 Å². The monoisotopic (exact) mass is 911 g/mol. The number of aliphatic hydroxyl groups is 5. The molecule has 0 heterocycles. The van der Waals surface area contributed by atoms with Crippen LogP contribution < -0.4 is 0 Å². The molecule has 0 aliphatic heterocycles. The zero-order chi connectivity index (χ0) is 46.4. The molecule has 0 aromatic heterocycles. The summed E-state index contributed by atoms with van der Waals surface area (Å²) in [5.41, 5.74) is 0. The smallest absolute Gasteiger partial charge is 0.462 e. The van der Waals surface area contributed by atoms with Crippen LogP contribution in [-0.4, -0.2) is 98.3 Å². The van der Waals surface area contributed by atoms with Gasteiger partial charge in [0.05, 0.1) is 6.61 Å². The number of carbonyl (C=O) groups is 2. The molecule has 1 aliphatic rings. The Kier molecular flexibility index (Phi) is 35.7. The topological polar surface area (TPSA) is 210 Å². The molecule has 8 atom stereocenters. The Morgan fingerprint density at radius 2 is 0.905 bits per heavy atom. The molecule has 0 amide bonds. The van der Waals surface area contributed by atoms with Gasteiger partial charge in [0.15, 0.2) is 6.10 Å². The number of ether oxygens (including phenoxy) is 2. The van der Waals surface area contributed by atoms with Gasteiger partial charge in [-0.05, 0) is 51.4 Å². The van der Waals surface area contributed by atoms with Gasteiger partial charge in [0.25, 0.3) is 0 Å². The van der Waals surface area contributed by atoms with Crippen LogP contribution in [0.2, 0.25) is 0 Å². The summed E-state index contributed by atoms with van der Waals surface area (Å²) in [6, 6.07) is 0. The molecule has 1 aliphatic carbocycles. The van der Waals surface area contributed by atoms with Crippen LogP contribution in [0.1, 0.15) is 168 Å². The van der Waals surface area contributed by atoms with Crippen LogP contribution in [0.5, 0.6) is 0 Å². The van der Waals surface area contributed by atoms with Gasteiger partial charge in [-0.3, -0.25) is 18.6 Å². The fourth-order valence-corrected chi connectivity index (χ4v) is 7.76. The molecule has 63 heavy (non-hydrogen) atoms. The highest BCUT2D eigenvalue weighted by molar-refractivity contribution is 7.47. The molecule has 0 saturated heterocycles. The van der Waals surface area contributed by atoms with Crippen LogP contribution in [0.15, 0.2) is 72.9 Å². The quantitative estimate of drug-likeness (QED) is 0.0148. The summed E-state index contributed by atoms with van der Waals surface area (Å²) in [6.07, 6.45) is 35.4. The fourth-order valence-electron chi connectivity index (χ4n) is 6.78. The number of esters is 2. The number of carbonyl (C=O) groups excluding carboxylic acids is 2. The lowest BCUT2D eigenvalue weighted by Crippen LogP contribution is -2.64. The lowest BCUT2D eigenvalue weighted by atomic mass is 9.85. The maximum atomic E-state index is 12.8. The third kappa shape index (κ3) is 31.0. The number of unbranched alkanes of at least 4 members (excludes halogenated alkanes) is 14. The van der Waals surface area contributed by atoms with Crippen molar-refractivity contribution in [1.29, 1.82) is 0 Å². The first kappa shape index (κ1) is 58.3. The van der Waals surface area contributed by atoms with Crippen LogP contribution >= 0.6 is 7.82 Å². The van der Waals surface area contributed by atoms with Gasteiger partial charge in [-0.2, -0.15) is 0 Å². The van der Waals surface area contributed by atoms with Crippen LogP contribution in [0.4, 0.5) is 0 Å². The average Bonchev–Trinajstić information content (AvgIpc) is 3.26. The van der Waals surface area contributed by atoms with E-state index in [0.29, 0.717) is 19.3 Å². The third-order valence-corrected chi connectivity index (χ3v) is 11.6. The molecule has 0 bridgehead atoms. The van der Waals surface area contributed by atoms with E-state index in [2.05, 4.69) is 68.5 Å². The standard InChI is InChI=1S/C49H83O13P/c1-3-5-7-9-11-13-15-17-19-20-21-22-24-26-28-30-32-34-36-38-43(51)61-41(40-60-63(57,58)62-49-47(55)45(53)44(52)46(54)48(49)56)39-59-42(50)37-35-33-31-29-27-25-23-18-16-14-12-10-8-6-4-2/h5,7,11,13,17,19,21-22,26,28,32,34,41,44-49,52-56H,3-4,6,8-10,12,14-16,18,20,23-25,27,29-31,33,35-40H2,1-2H3,(H,57,58)/b7-5-,13-11-,19-17-,22-21-,28-26-,34-32-/t41?,44?,45-,46+,47-,48-,49?/m1/s1. The largest absolute Gasteiger partial charge is 0.472 e. The van der Waals surface area contributed by atoms with E-state index in [1.807, 2.05) is 18.2 Å². The van der Waals surface area contributed by atoms with Crippen LogP contribution in [0.3, 0.4) is 0 Å². The predicted molar refractivity (Wildman–Crippen MR) is 249 cm³/mol. The summed E-state index contributed by atoms with van der Waals surface area (Å²) in [6.45, 7) is 3.12. The number of aliphatic hydroxyl groups excluding tert-OH is 5. The third-order valence-electron chi connectivity index (χ3n) is 10.6. The van der Waals surface area contributed by atoms with E-state index >= 15 is 0 Å². The van der Waals surface area contributed by atoms with Gasteiger partial charge in [-0.25, -0.2) is 4.57 Å². The highest BCUT2D eigenvalue weighted by Gasteiger charge is 2.51. The predicted octanol–water partition coefficient (Wildman–Crippen LogP) is 9.50. The second-order valence-electron chi connectivity index (χ2n) is 16.2. The minimum Gasteiger partial charge on any atom is -0.462 e. The first-order valence-corrected chi connectivity index (χ1v) is 25.2. The second-order valence-corrected chi connectivity index (χ2v) is 17.6. The molecule has 13 nitrogen and oxygen atoms in total. The van der Waals surface area contributed by atoms with Crippen molar-refractivity contribution >= 4 is 19.8 Å². The number of hydrogen-bond donors (Lipinski definition) is 6. The molecule has 0 spiro atoms. The van der Waals surface area contributed by atoms with Gasteiger partial charge in [0.1, 0.15) is 43.2 Å². The van der Waals surface area contributed by atoms with Crippen LogP contribution in [0, 0.1) is 0 Å². The summed E-state index contributed by atoms with van der Waals surface area (Å²) in [7, 11) is -5.14. The Labute approximate surface area is 378 Å². The van der Waals surface area contributed by atoms with Crippen LogP contribution in [0.25, 0.3) is 0 Å². The highest BCUT2D eigenvalue weighted by atomic mass is 31.2. The Morgan fingerprint density at radius 1 is 0.508 bits per heavy atom. The molecule has 1 rings (SSSR count). The number of rotatable bonds is 38. The molecule has 1 fully saturated rings. The molecule has 14 heteroatoms. The van der Waals surface area contributed by atoms with E-state index in [4.69, 9.17) is 18.5 Å². The first-order valence-electron chi connectivity index (χ1n) is 23.7. The number of allylic oxidation sites excluding steroid dienone is 12. The maximum absolute atomic E-state index is 12.8. The summed E-state index contributed by atoms with van der Waals surface area (Å²) < 4.78 is 33.5. The molecule has 362 valence electrons. The zero-order valence-electron chi connectivity index (χ0n) is 38.3. The van der Waals surface area contributed by atoms with Crippen molar-refractivity contribution in [3.8, 4) is 0 Å². The molecule has 0 aromatic rings. The molecular weight excluding hydrogens is 828 g/mol. The minimum absolute atomic E-state index is 0.0302. The lowest BCUT2D eigenvalue weighted by molar-refractivity contribution is -0.220. The van der Waals surface area contributed by atoms with Crippen molar-refractivity contribution in [1.82, 2.24) is 0 Å². The Bertz CT molecular complexity index is 1380. The van der Waals surface area contributed by atoms with Crippen molar-refractivity contribution in [2.75, 3.05) is 13.2 Å². The second kappa shape index (κ2) is 38.5. The normalized spacial score (nSPS) is 22.3. The average molecular weight is 911 g/mol. The van der Waals surface area contributed by atoms with E-state index in [0.717, 1.165) is 51.4 Å². The number of hydrogen-bond acceptors (Lipinski definition) is 12. The summed E-state index contributed by atoms with van der Waals surface area (Å²) in [5.74, 6) is -1.20. The Hall–Kier alpha value is -2.71. The van der Waals surface area contributed by atoms with E-state index in [-0.39, 0.29) is 12.8 Å². The number of phosphoric acid groups is 1. The van der Waals surface area contributed by atoms with Crippen molar-refractivity contribution < 1.29 is 63.1 Å². The van der Waals surface area contributed by atoms with E-state index in [1.165, 1.54) is 70.6 Å². The van der Waals surface area contributed by atoms with E-state index < -0.39 is 75.7 Å². The van der Waals surface area contributed by atoms with Crippen molar-refractivity contribution in [2.24, 2.45) is 0 Å². The van der Waals surface area contributed by atoms with E-state index in [9.17, 15) is 44.6 Å². The van der Waals surface area contributed by atoms with Gasteiger partial charge in [-0.15, -0.1) is 0 Å². The van der Waals surface area contributed by atoms with E-state index in [1.54, 1.807) is 0 Å². The van der Waals surface area contributed by atoms with Gasteiger partial charge in [-0.1, -0.05) is 177 Å². The Balaban J connectivity index is 2.51. The van der Waals surface area contributed by atoms with Gasteiger partial charge < -0.3 is 39.9 Å². The first-order chi connectivity index (χ1) is 30.4. The zero-order valence-corrected chi connectivity index (χ0v) is 39.2. The summed E-state index contributed by atoms with van der Waals surface area (Å²) in [4.78, 5) is 35.7. The summed E-state index contributed by atoms with van der Waals surface area (Å²) >= 11 is 0. The summed E-state index contributed by atoms with van der Waals surface area (Å²) in [5, 5.41) is 50.2. The van der Waals surface area contributed by atoms with Crippen LogP contribution in [-0.2, 0) is 32.7 Å². The van der Waals surface area contributed by atoms with Gasteiger partial charge in [0.2, 0.25) is 0 Å². The van der Waals surface area contributed by atoms with Crippen molar-refractivity contribution in [3.05, 3.63) is 72.9 Å². The lowest BCUT2D eigenvalue weighted by Gasteiger charge is -2.41. The minimum atomic E-state index is -5.14. The molecule has 0 aromatic carbocycles. The Morgan fingerprint density at radius 3 is 1.35 bits per heavy atom. The fraction of sp³-hybridized carbons (Fsp3) is 0.714. The molecular formula is C49H83O13P. The highest BCUT2D eigenvalue weighted by Crippen LogP contribution is 2.47. The van der Waals surface area contributed by atoms with Crippen molar-refractivity contribution in [2.45, 2.75) is 211 Å². The maximum Gasteiger partial charge on any atom is 0.472 e.